The van der Waals surface area contributed by atoms with Gasteiger partial charge in [0.05, 0.1) is 7.11 Å². The number of nitrogens with zero attached hydrogens (tertiary/aromatic N) is 1. The maximum atomic E-state index is 11.2. The van der Waals surface area contributed by atoms with Gasteiger partial charge in [0, 0.05) is 19.5 Å². The normalized spacial score (nSPS) is 11.6. The highest BCUT2D eigenvalue weighted by molar-refractivity contribution is 5.76. The van der Waals surface area contributed by atoms with Crippen molar-refractivity contribution >= 4 is 11.9 Å². The number of nitrogens with one attached hydrogen (secondary N) is 1. The molecule has 0 aliphatic rings. The van der Waals surface area contributed by atoms with Crippen LogP contribution in [0.5, 0.6) is 0 Å². The molecule has 5 heteroatoms. The Labute approximate surface area is 91.1 Å². The summed E-state index contributed by atoms with van der Waals surface area (Å²) in [6.45, 7) is 5.24. The van der Waals surface area contributed by atoms with Crippen LogP contribution in [0.1, 0.15) is 26.7 Å². The average Bonchev–Trinajstić information content (AvgIpc) is 2.15. The molecule has 5 nitrogen and oxygen atoms in total. The molecule has 88 valence electrons. The van der Waals surface area contributed by atoms with E-state index in [-0.39, 0.29) is 11.9 Å². The van der Waals surface area contributed by atoms with E-state index in [0.717, 1.165) is 6.42 Å². The minimum absolute atomic E-state index is 0.0914. The van der Waals surface area contributed by atoms with Crippen LogP contribution in [0.2, 0.25) is 0 Å². The summed E-state index contributed by atoms with van der Waals surface area (Å²) in [4.78, 5) is 15.1. The molecule has 0 rings (SSSR count). The summed E-state index contributed by atoms with van der Waals surface area (Å²) >= 11 is 0. The Balaban J connectivity index is 3.43. The van der Waals surface area contributed by atoms with E-state index in [1.54, 1.807) is 0 Å². The van der Waals surface area contributed by atoms with Gasteiger partial charge in [-0.25, -0.2) is 4.99 Å². The molecule has 3 N–H and O–H groups in total. The van der Waals surface area contributed by atoms with Crippen molar-refractivity contribution in [2.24, 2.45) is 16.6 Å². The smallest absolute Gasteiger partial charge is 0.281 e. The maximum Gasteiger partial charge on any atom is 0.281 e. The van der Waals surface area contributed by atoms with Gasteiger partial charge in [0.2, 0.25) is 5.91 Å². The molecule has 0 saturated heterocycles. The fourth-order valence-electron chi connectivity index (χ4n) is 1.00. The number of amidine groups is 1. The minimum atomic E-state index is 0.0914. The standard InChI is InChI=1S/C10H21N3O2/c1-8(2)7-9(14)12-5-4-6-13-10(11)15-3/h8H,4-7H2,1-3H3,(H2,11,13)(H,12,14). The third kappa shape index (κ3) is 9.05. The summed E-state index contributed by atoms with van der Waals surface area (Å²) in [5, 5.41) is 2.82. The summed E-state index contributed by atoms with van der Waals surface area (Å²) in [7, 11) is 1.48. The molecular weight excluding hydrogens is 194 g/mol. The number of carbonyl (C=O) groups is 1. The van der Waals surface area contributed by atoms with E-state index in [0.29, 0.717) is 25.4 Å². The van der Waals surface area contributed by atoms with E-state index >= 15 is 0 Å². The van der Waals surface area contributed by atoms with Gasteiger partial charge in [-0.05, 0) is 12.3 Å². The Morgan fingerprint density at radius 1 is 1.53 bits per heavy atom. The van der Waals surface area contributed by atoms with Crippen molar-refractivity contribution in [1.29, 1.82) is 0 Å². The van der Waals surface area contributed by atoms with Gasteiger partial charge < -0.3 is 15.8 Å². The molecule has 0 fully saturated rings. The van der Waals surface area contributed by atoms with Crippen molar-refractivity contribution in [2.75, 3.05) is 20.2 Å². The average molecular weight is 215 g/mol. The lowest BCUT2D eigenvalue weighted by molar-refractivity contribution is -0.121. The first-order chi connectivity index (χ1) is 7.06. The number of aliphatic imine (C=N–C) groups is 1. The predicted molar refractivity (Wildman–Crippen MR) is 60.6 cm³/mol. The molecule has 0 saturated carbocycles. The van der Waals surface area contributed by atoms with Crippen molar-refractivity contribution in [3.63, 3.8) is 0 Å². The number of hydrogen-bond donors (Lipinski definition) is 2. The van der Waals surface area contributed by atoms with Gasteiger partial charge in [0.1, 0.15) is 0 Å². The highest BCUT2D eigenvalue weighted by atomic mass is 16.5. The number of carbonyl (C=O) groups excluding carboxylic acids is 1. The number of ether oxygens (including phenoxy) is 1. The molecule has 0 heterocycles. The molecule has 0 aliphatic carbocycles. The summed E-state index contributed by atoms with van der Waals surface area (Å²) in [5.41, 5.74) is 5.32. The van der Waals surface area contributed by atoms with Gasteiger partial charge in [-0.3, -0.25) is 4.79 Å². The highest BCUT2D eigenvalue weighted by Crippen LogP contribution is 1.97. The van der Waals surface area contributed by atoms with Gasteiger partial charge in [0.15, 0.2) is 0 Å². The highest BCUT2D eigenvalue weighted by Gasteiger charge is 2.02. The van der Waals surface area contributed by atoms with Gasteiger partial charge in [-0.2, -0.15) is 0 Å². The Morgan fingerprint density at radius 2 is 2.20 bits per heavy atom. The molecule has 15 heavy (non-hydrogen) atoms. The first-order valence-corrected chi connectivity index (χ1v) is 5.17. The first kappa shape index (κ1) is 13.7. The van der Waals surface area contributed by atoms with E-state index in [9.17, 15) is 4.79 Å². The van der Waals surface area contributed by atoms with Crippen LogP contribution in [0.4, 0.5) is 0 Å². The van der Waals surface area contributed by atoms with Crippen LogP contribution in [0.25, 0.3) is 0 Å². The second-order valence-corrected chi connectivity index (χ2v) is 3.73. The van der Waals surface area contributed by atoms with Crippen LogP contribution in [0.15, 0.2) is 4.99 Å². The quantitative estimate of drug-likeness (QED) is 0.385. The monoisotopic (exact) mass is 215 g/mol. The zero-order chi connectivity index (χ0) is 11.7. The molecule has 1 amide bonds. The number of nitrogens with two attached hydrogens (primary N) is 1. The Morgan fingerprint density at radius 3 is 2.73 bits per heavy atom. The number of hydrogen-bond acceptors (Lipinski definition) is 3. The molecule has 0 bridgehead atoms. The van der Waals surface area contributed by atoms with E-state index in [4.69, 9.17) is 5.73 Å². The van der Waals surface area contributed by atoms with Gasteiger partial charge >= 0.3 is 0 Å². The fraction of sp³-hybridized carbons (Fsp3) is 0.800. The van der Waals surface area contributed by atoms with Crippen LogP contribution in [0.3, 0.4) is 0 Å². The summed E-state index contributed by atoms with van der Waals surface area (Å²) in [6, 6.07) is 0.184. The van der Waals surface area contributed by atoms with Crippen molar-refractivity contribution < 1.29 is 9.53 Å². The molecule has 0 atom stereocenters. The van der Waals surface area contributed by atoms with Crippen molar-refractivity contribution in [3.05, 3.63) is 0 Å². The minimum Gasteiger partial charge on any atom is -0.469 e. The van der Waals surface area contributed by atoms with E-state index in [2.05, 4.69) is 15.0 Å². The first-order valence-electron chi connectivity index (χ1n) is 5.17. The molecule has 0 spiro atoms. The zero-order valence-corrected chi connectivity index (χ0v) is 9.75. The van der Waals surface area contributed by atoms with Crippen LogP contribution >= 0.6 is 0 Å². The number of methoxy groups -OCH3 is 1. The van der Waals surface area contributed by atoms with Crippen molar-refractivity contribution in [3.8, 4) is 0 Å². The maximum absolute atomic E-state index is 11.2. The lowest BCUT2D eigenvalue weighted by Gasteiger charge is -2.05. The molecule has 0 aliphatic heterocycles. The molecule has 0 aromatic rings. The Bertz CT molecular complexity index is 215. The predicted octanol–water partition coefficient (Wildman–Crippen LogP) is 0.500. The van der Waals surface area contributed by atoms with E-state index in [1.807, 2.05) is 13.8 Å². The molecule has 0 unspecified atom stereocenters. The van der Waals surface area contributed by atoms with Crippen LogP contribution in [-0.2, 0) is 9.53 Å². The summed E-state index contributed by atoms with van der Waals surface area (Å²) < 4.78 is 4.67. The Kier molecular flexibility index (Phi) is 7.40. The second kappa shape index (κ2) is 8.08. The lowest BCUT2D eigenvalue weighted by Crippen LogP contribution is -2.26. The second-order valence-electron chi connectivity index (χ2n) is 3.73. The van der Waals surface area contributed by atoms with Crippen LogP contribution < -0.4 is 11.1 Å². The zero-order valence-electron chi connectivity index (χ0n) is 9.75. The van der Waals surface area contributed by atoms with Gasteiger partial charge in [-0.15, -0.1) is 0 Å². The molecular formula is C10H21N3O2. The van der Waals surface area contributed by atoms with E-state index in [1.165, 1.54) is 7.11 Å². The number of rotatable bonds is 6. The van der Waals surface area contributed by atoms with Gasteiger partial charge in [0.25, 0.3) is 6.02 Å². The van der Waals surface area contributed by atoms with Crippen molar-refractivity contribution in [2.45, 2.75) is 26.7 Å². The number of amides is 1. The fourth-order valence-corrected chi connectivity index (χ4v) is 1.00. The Hall–Kier alpha value is -1.26. The lowest BCUT2D eigenvalue weighted by atomic mass is 10.1. The third-order valence-corrected chi connectivity index (χ3v) is 1.73. The summed E-state index contributed by atoms with van der Waals surface area (Å²) in [6.07, 6.45) is 1.34. The molecule has 0 aromatic carbocycles. The summed E-state index contributed by atoms with van der Waals surface area (Å²) in [5.74, 6) is 0.487. The molecule has 0 aromatic heterocycles. The molecule has 0 radical (unpaired) electrons. The van der Waals surface area contributed by atoms with E-state index < -0.39 is 0 Å². The third-order valence-electron chi connectivity index (χ3n) is 1.73. The SMILES string of the molecule is COC(N)=NCCCNC(=O)CC(C)C. The van der Waals surface area contributed by atoms with Crippen LogP contribution in [0, 0.1) is 5.92 Å². The van der Waals surface area contributed by atoms with Gasteiger partial charge in [-0.1, -0.05) is 13.8 Å². The van der Waals surface area contributed by atoms with Crippen LogP contribution in [-0.4, -0.2) is 32.1 Å². The van der Waals surface area contributed by atoms with Crippen molar-refractivity contribution in [1.82, 2.24) is 5.32 Å². The largest absolute Gasteiger partial charge is 0.469 e. The topological polar surface area (TPSA) is 76.7 Å².